The minimum absolute atomic E-state index is 0.0530. The predicted octanol–water partition coefficient (Wildman–Crippen LogP) is 17.6. The third-order valence-corrected chi connectivity index (χ3v) is 12.3. The molecule has 0 bridgehead atoms. The molecule has 0 fully saturated rings. The molecular weight excluding hydrogens is 795 g/mol. The molecule has 314 valence electrons. The average molecular weight is 863 g/mol. The van der Waals surface area contributed by atoms with E-state index in [9.17, 15) is 0 Å². The minimum atomic E-state index is -0.110. The quantitative estimate of drug-likeness (QED) is 0.164. The molecule has 0 saturated heterocycles. The van der Waals surface area contributed by atoms with Gasteiger partial charge in [0.05, 0.1) is 15.8 Å². The summed E-state index contributed by atoms with van der Waals surface area (Å²) in [5, 5.41) is 3.90. The maximum Gasteiger partial charge on any atom is 0.0651 e. The average Bonchev–Trinajstić information content (AvgIpc) is 3.16. The van der Waals surface area contributed by atoms with Crippen molar-refractivity contribution in [1.29, 1.82) is 0 Å². The summed E-state index contributed by atoms with van der Waals surface area (Å²) in [7, 11) is 0. The van der Waals surface area contributed by atoms with E-state index in [1.165, 1.54) is 27.8 Å². The van der Waals surface area contributed by atoms with Crippen molar-refractivity contribution in [3.8, 4) is 0 Å². The van der Waals surface area contributed by atoms with Crippen LogP contribution in [0.3, 0.4) is 0 Å². The van der Waals surface area contributed by atoms with Crippen molar-refractivity contribution < 1.29 is 0 Å². The first-order valence-corrected chi connectivity index (χ1v) is 22.3. The van der Waals surface area contributed by atoms with Crippen LogP contribution in [0.4, 0.5) is 45.5 Å². The van der Waals surface area contributed by atoms with Crippen molar-refractivity contribution in [2.24, 2.45) is 0 Å². The first-order chi connectivity index (χ1) is 27.8. The van der Waals surface area contributed by atoms with Crippen molar-refractivity contribution >= 4 is 61.4 Å². The molecule has 0 heterocycles. The van der Waals surface area contributed by atoms with E-state index in [4.69, 9.17) is 0 Å². The van der Waals surface area contributed by atoms with E-state index < -0.39 is 0 Å². The van der Waals surface area contributed by atoms with Gasteiger partial charge in [-0.15, -0.1) is 0 Å². The lowest BCUT2D eigenvalue weighted by molar-refractivity contribution is 0.589. The normalized spacial score (nSPS) is 12.7. The third-order valence-electron chi connectivity index (χ3n) is 11.5. The Kier molecular flexibility index (Phi) is 12.4. The highest BCUT2D eigenvalue weighted by Gasteiger charge is 2.25. The zero-order chi connectivity index (χ0) is 44.0. The molecule has 6 rings (SSSR count). The molecule has 1 N–H and O–H groups in total. The first-order valence-electron chi connectivity index (χ1n) is 21.5. The number of rotatable bonds is 8. The van der Waals surface area contributed by atoms with E-state index in [0.29, 0.717) is 0 Å². The third kappa shape index (κ3) is 10.2. The van der Waals surface area contributed by atoms with E-state index in [-0.39, 0.29) is 27.1 Å². The molecule has 60 heavy (non-hydrogen) atoms. The summed E-state index contributed by atoms with van der Waals surface area (Å²) in [6, 6.07) is 49.7. The summed E-state index contributed by atoms with van der Waals surface area (Å²) in [5.41, 5.74) is 15.2. The molecule has 0 atom stereocenters. The fourth-order valence-electron chi connectivity index (χ4n) is 7.49. The minimum Gasteiger partial charge on any atom is -0.354 e. The molecule has 0 radical (unpaired) electrons. The van der Waals surface area contributed by atoms with Gasteiger partial charge in [0, 0.05) is 34.1 Å². The largest absolute Gasteiger partial charge is 0.354 e. The predicted molar refractivity (Wildman–Crippen MR) is 267 cm³/mol. The number of hydrogen-bond donors (Lipinski definition) is 1. The van der Waals surface area contributed by atoms with Gasteiger partial charge in [0.25, 0.3) is 0 Å². The highest BCUT2D eigenvalue weighted by Crippen LogP contribution is 2.47. The van der Waals surface area contributed by atoms with E-state index in [0.717, 1.165) is 50.0 Å². The van der Waals surface area contributed by atoms with E-state index in [2.05, 4.69) is 268 Å². The van der Waals surface area contributed by atoms with Crippen LogP contribution < -0.4 is 15.1 Å². The molecule has 0 amide bonds. The van der Waals surface area contributed by atoms with Gasteiger partial charge in [-0.2, -0.15) is 0 Å². The molecule has 0 aliphatic rings. The molecule has 0 aliphatic heterocycles. The van der Waals surface area contributed by atoms with Crippen molar-refractivity contribution in [3.05, 3.63) is 166 Å². The molecular formula is C56H68BrN3. The number of anilines is 8. The summed E-state index contributed by atoms with van der Waals surface area (Å²) < 4.78 is 0.994. The maximum atomic E-state index is 4.18. The van der Waals surface area contributed by atoms with Crippen LogP contribution in [0.25, 0.3) is 0 Å². The smallest absolute Gasteiger partial charge is 0.0651 e. The summed E-state index contributed by atoms with van der Waals surface area (Å²) in [6.45, 7) is 34.1. The molecule has 0 spiro atoms. The topological polar surface area (TPSA) is 18.5 Å². The van der Waals surface area contributed by atoms with Crippen LogP contribution in [0.5, 0.6) is 0 Å². The van der Waals surface area contributed by atoms with Gasteiger partial charge in [0.1, 0.15) is 0 Å². The van der Waals surface area contributed by atoms with Gasteiger partial charge in [-0.25, -0.2) is 0 Å². The van der Waals surface area contributed by atoms with Crippen LogP contribution in [0.15, 0.2) is 138 Å². The molecule has 6 aromatic rings. The SMILES string of the molecule is CC(C)(C)c1ccc(N(c2ccc(C(C)(C)C)cc2)c2cccc(Nc3cc(C(C)(C)C)cc(N(c4ccc(C(C)(C)C)cc4)c4ccc(C(C)(C)C)cc4)c3Br)c2)cc1. The number of halogens is 1. The van der Waals surface area contributed by atoms with Gasteiger partial charge in [0.15, 0.2) is 0 Å². The van der Waals surface area contributed by atoms with Crippen molar-refractivity contribution in [2.75, 3.05) is 15.1 Å². The Morgan fingerprint density at radius 2 is 0.683 bits per heavy atom. The van der Waals surface area contributed by atoms with Crippen LogP contribution in [-0.4, -0.2) is 0 Å². The lowest BCUT2D eigenvalue weighted by atomic mass is 9.85. The van der Waals surface area contributed by atoms with Crippen LogP contribution in [0, 0.1) is 0 Å². The fourth-order valence-corrected chi connectivity index (χ4v) is 8.00. The molecule has 3 nitrogen and oxygen atoms in total. The highest BCUT2D eigenvalue weighted by atomic mass is 79.9. The summed E-state index contributed by atoms with van der Waals surface area (Å²) in [5.74, 6) is 0. The number of nitrogens with one attached hydrogen (secondary N) is 1. The van der Waals surface area contributed by atoms with Crippen LogP contribution >= 0.6 is 15.9 Å². The lowest BCUT2D eigenvalue weighted by Crippen LogP contribution is -2.17. The summed E-state index contributed by atoms with van der Waals surface area (Å²) >= 11 is 4.18. The number of nitrogens with zero attached hydrogens (tertiary/aromatic N) is 2. The maximum absolute atomic E-state index is 4.18. The lowest BCUT2D eigenvalue weighted by Gasteiger charge is -2.31. The molecule has 0 saturated carbocycles. The molecule has 0 aliphatic carbocycles. The van der Waals surface area contributed by atoms with Gasteiger partial charge in [0.2, 0.25) is 0 Å². The van der Waals surface area contributed by atoms with Crippen molar-refractivity contribution in [2.45, 2.75) is 131 Å². The number of hydrogen-bond acceptors (Lipinski definition) is 3. The van der Waals surface area contributed by atoms with E-state index >= 15 is 0 Å². The second-order valence-corrected chi connectivity index (χ2v) is 22.4. The Balaban J connectivity index is 1.48. The zero-order valence-electron chi connectivity index (χ0n) is 39.0. The number of benzene rings is 6. The monoisotopic (exact) mass is 861 g/mol. The van der Waals surface area contributed by atoms with Gasteiger partial charge in [-0.05, 0) is 150 Å². The first kappa shape index (κ1) is 44.7. The molecule has 4 heteroatoms. The zero-order valence-corrected chi connectivity index (χ0v) is 40.6. The molecule has 0 unspecified atom stereocenters. The Hall–Kier alpha value is -4.80. The van der Waals surface area contributed by atoms with E-state index in [1.807, 2.05) is 0 Å². The van der Waals surface area contributed by atoms with Gasteiger partial charge in [-0.3, -0.25) is 0 Å². The Bertz CT molecular complexity index is 2270. The second kappa shape index (κ2) is 16.6. The van der Waals surface area contributed by atoms with Crippen LogP contribution in [-0.2, 0) is 27.1 Å². The van der Waals surface area contributed by atoms with Gasteiger partial charge < -0.3 is 15.1 Å². The van der Waals surface area contributed by atoms with Crippen molar-refractivity contribution in [3.63, 3.8) is 0 Å². The van der Waals surface area contributed by atoms with Crippen LogP contribution in [0.1, 0.15) is 132 Å². The molecule has 6 aromatic carbocycles. The Labute approximate surface area is 371 Å². The standard InChI is InChI=1S/C56H68BrN3/c1-52(2,3)38-19-27-44(28-20-38)59(45-29-21-39(22-30-45)53(4,5)6)48-18-16-17-43(37-48)58-49-35-42(56(13,14)15)36-50(51(49)57)60(46-31-23-40(24-32-46)54(7,8)9)47-33-25-41(26-34-47)55(10,11)12/h16-37,58H,1-15H3. The van der Waals surface area contributed by atoms with Crippen molar-refractivity contribution in [1.82, 2.24) is 0 Å². The fraction of sp³-hybridized carbons (Fsp3) is 0.357. The Morgan fingerprint density at radius 1 is 0.350 bits per heavy atom. The molecule has 0 aromatic heterocycles. The second-order valence-electron chi connectivity index (χ2n) is 21.6. The van der Waals surface area contributed by atoms with E-state index in [1.54, 1.807) is 0 Å². The summed E-state index contributed by atoms with van der Waals surface area (Å²) in [6.07, 6.45) is 0. The van der Waals surface area contributed by atoms with Gasteiger partial charge >= 0.3 is 0 Å². The van der Waals surface area contributed by atoms with Crippen LogP contribution in [0.2, 0.25) is 0 Å². The Morgan fingerprint density at radius 3 is 1.02 bits per heavy atom. The highest BCUT2D eigenvalue weighted by molar-refractivity contribution is 9.10. The summed E-state index contributed by atoms with van der Waals surface area (Å²) in [4.78, 5) is 4.75. The van der Waals surface area contributed by atoms with Gasteiger partial charge in [-0.1, -0.05) is 158 Å².